The zero-order valence-corrected chi connectivity index (χ0v) is 17.4. The van der Waals surface area contributed by atoms with E-state index in [2.05, 4.69) is 27.9 Å². The molecule has 0 fully saturated rings. The number of halogens is 3. The van der Waals surface area contributed by atoms with Crippen molar-refractivity contribution in [3.05, 3.63) is 79.5 Å². The van der Waals surface area contributed by atoms with Gasteiger partial charge in [-0.25, -0.2) is 0 Å². The Bertz CT molecular complexity index is 995. The molecule has 1 amide bonds. The molecule has 1 heterocycles. The van der Waals surface area contributed by atoms with Gasteiger partial charge in [0.2, 0.25) is 5.91 Å². The Balaban J connectivity index is 1.72. The van der Waals surface area contributed by atoms with Crippen LogP contribution in [0.25, 0.3) is 17.4 Å². The largest absolute Gasteiger partial charge is 0.457 e. The summed E-state index contributed by atoms with van der Waals surface area (Å²) in [6.07, 6.45) is 3.04. The van der Waals surface area contributed by atoms with Crippen LogP contribution >= 0.6 is 45.8 Å². The minimum absolute atomic E-state index is 0.229. The molecule has 2 aromatic carbocycles. The molecule has 0 saturated heterocycles. The molecule has 3 rings (SSSR count). The summed E-state index contributed by atoms with van der Waals surface area (Å²) in [5.74, 6) is 0.907. The van der Waals surface area contributed by atoms with E-state index >= 15 is 0 Å². The monoisotopic (exact) mass is 497 g/mol. The summed E-state index contributed by atoms with van der Waals surface area (Å²) in [4.78, 5) is 12.1. The fraction of sp³-hybridized carbons (Fsp3) is 0.0500. The lowest BCUT2D eigenvalue weighted by molar-refractivity contribution is -0.111. The zero-order chi connectivity index (χ0) is 18.7. The molecule has 1 aromatic heterocycles. The standard InChI is InChI=1S/C20H14Cl2INO2/c1-12-11-13(23)5-8-17(12)24-19(25)10-7-14-6-9-18(26-14)15-3-2-4-16(21)20(15)22/h2-11H,1H3,(H,24,25). The Hall–Kier alpha value is -1.76. The van der Waals surface area contributed by atoms with Gasteiger partial charge in [0.25, 0.3) is 0 Å². The number of aryl methyl sites for hydroxylation is 1. The Labute approximate surface area is 175 Å². The molecule has 1 N–H and O–H groups in total. The second-order valence-corrected chi connectivity index (χ2v) is 7.62. The van der Waals surface area contributed by atoms with Crippen molar-refractivity contribution in [1.29, 1.82) is 0 Å². The molecule has 132 valence electrons. The zero-order valence-electron chi connectivity index (χ0n) is 13.7. The first-order valence-electron chi connectivity index (χ1n) is 7.73. The molecule has 0 atom stereocenters. The molecule has 0 unspecified atom stereocenters. The molecule has 6 heteroatoms. The lowest BCUT2D eigenvalue weighted by Crippen LogP contribution is -2.08. The van der Waals surface area contributed by atoms with Crippen LogP contribution in [0.1, 0.15) is 11.3 Å². The van der Waals surface area contributed by atoms with Crippen LogP contribution in [0.3, 0.4) is 0 Å². The average molecular weight is 498 g/mol. The van der Waals surface area contributed by atoms with Crippen LogP contribution in [0.2, 0.25) is 10.0 Å². The summed E-state index contributed by atoms with van der Waals surface area (Å²) in [6.45, 7) is 1.95. The molecule has 3 nitrogen and oxygen atoms in total. The summed E-state index contributed by atoms with van der Waals surface area (Å²) in [6, 6.07) is 14.7. The van der Waals surface area contributed by atoms with Gasteiger partial charge in [0.05, 0.1) is 10.0 Å². The first-order chi connectivity index (χ1) is 12.4. The summed E-state index contributed by atoms with van der Waals surface area (Å²) >= 11 is 14.5. The smallest absolute Gasteiger partial charge is 0.248 e. The Morgan fingerprint density at radius 2 is 1.96 bits per heavy atom. The maximum Gasteiger partial charge on any atom is 0.248 e. The lowest BCUT2D eigenvalue weighted by Gasteiger charge is -2.06. The van der Waals surface area contributed by atoms with Gasteiger partial charge in [0.15, 0.2) is 0 Å². The van der Waals surface area contributed by atoms with Crippen LogP contribution in [0, 0.1) is 10.5 Å². The quantitative estimate of drug-likeness (QED) is 0.317. The third-order valence-electron chi connectivity index (χ3n) is 3.69. The van der Waals surface area contributed by atoms with Crippen molar-refractivity contribution in [2.75, 3.05) is 5.32 Å². The number of hydrogen-bond acceptors (Lipinski definition) is 2. The predicted molar refractivity (Wildman–Crippen MR) is 116 cm³/mol. The van der Waals surface area contributed by atoms with Crippen LogP contribution < -0.4 is 5.32 Å². The number of furan rings is 1. The SMILES string of the molecule is Cc1cc(I)ccc1NC(=O)C=Cc1ccc(-c2cccc(Cl)c2Cl)o1. The number of anilines is 1. The maximum absolute atomic E-state index is 12.1. The van der Waals surface area contributed by atoms with E-state index < -0.39 is 0 Å². The molecule has 0 radical (unpaired) electrons. The summed E-state index contributed by atoms with van der Waals surface area (Å²) in [5.41, 5.74) is 2.50. The predicted octanol–water partition coefficient (Wildman–Crippen LogP) is 6.82. The molecule has 0 aliphatic carbocycles. The van der Waals surface area contributed by atoms with Gasteiger partial charge in [-0.1, -0.05) is 29.3 Å². The first kappa shape index (κ1) is 19.0. The number of benzene rings is 2. The molecule has 0 bridgehead atoms. The molecular weight excluding hydrogens is 484 g/mol. The highest BCUT2D eigenvalue weighted by Crippen LogP contribution is 2.34. The third-order valence-corrected chi connectivity index (χ3v) is 5.18. The van der Waals surface area contributed by atoms with Gasteiger partial charge in [-0.2, -0.15) is 0 Å². The van der Waals surface area contributed by atoms with E-state index in [1.165, 1.54) is 6.08 Å². The van der Waals surface area contributed by atoms with Crippen molar-refractivity contribution >= 4 is 63.5 Å². The number of carbonyl (C=O) groups excluding carboxylic acids is 1. The van der Waals surface area contributed by atoms with Gasteiger partial charge in [-0.3, -0.25) is 4.79 Å². The maximum atomic E-state index is 12.1. The number of rotatable bonds is 4. The summed E-state index contributed by atoms with van der Waals surface area (Å²) < 4.78 is 6.86. The highest BCUT2D eigenvalue weighted by molar-refractivity contribution is 14.1. The normalized spacial score (nSPS) is 11.1. The highest BCUT2D eigenvalue weighted by atomic mass is 127. The van der Waals surface area contributed by atoms with E-state index in [0.29, 0.717) is 27.1 Å². The van der Waals surface area contributed by atoms with Crippen LogP contribution in [0.15, 0.2) is 59.0 Å². The minimum Gasteiger partial charge on any atom is -0.457 e. The van der Waals surface area contributed by atoms with E-state index in [1.807, 2.05) is 31.2 Å². The van der Waals surface area contributed by atoms with Gasteiger partial charge in [0.1, 0.15) is 11.5 Å². The van der Waals surface area contributed by atoms with Crippen molar-refractivity contribution in [1.82, 2.24) is 0 Å². The van der Waals surface area contributed by atoms with E-state index in [4.69, 9.17) is 27.6 Å². The molecular formula is C20H14Cl2INO2. The van der Waals surface area contributed by atoms with Gasteiger partial charge in [-0.15, -0.1) is 0 Å². The second-order valence-electron chi connectivity index (χ2n) is 5.59. The fourth-order valence-electron chi connectivity index (χ4n) is 2.38. The van der Waals surface area contributed by atoms with Crippen molar-refractivity contribution < 1.29 is 9.21 Å². The van der Waals surface area contributed by atoms with Crippen molar-refractivity contribution in [2.24, 2.45) is 0 Å². The Morgan fingerprint density at radius 1 is 1.15 bits per heavy atom. The molecule has 0 spiro atoms. The van der Waals surface area contributed by atoms with Gasteiger partial charge in [-0.05, 0) is 83.6 Å². The van der Waals surface area contributed by atoms with Crippen LogP contribution in [0.5, 0.6) is 0 Å². The van der Waals surface area contributed by atoms with Gasteiger partial charge >= 0.3 is 0 Å². The van der Waals surface area contributed by atoms with Gasteiger partial charge in [0, 0.05) is 20.9 Å². The van der Waals surface area contributed by atoms with Crippen LogP contribution in [0.4, 0.5) is 5.69 Å². The van der Waals surface area contributed by atoms with Crippen molar-refractivity contribution in [3.8, 4) is 11.3 Å². The molecule has 26 heavy (non-hydrogen) atoms. The lowest BCUT2D eigenvalue weighted by atomic mass is 10.2. The Kier molecular flexibility index (Phi) is 6.06. The third kappa shape index (κ3) is 4.50. The first-order valence-corrected chi connectivity index (χ1v) is 9.57. The number of carbonyl (C=O) groups is 1. The molecule has 0 saturated carbocycles. The fourth-order valence-corrected chi connectivity index (χ4v) is 3.42. The van der Waals surface area contributed by atoms with Crippen LogP contribution in [-0.4, -0.2) is 5.91 Å². The molecule has 0 aliphatic heterocycles. The molecule has 3 aromatic rings. The van der Waals surface area contributed by atoms with E-state index in [1.54, 1.807) is 30.3 Å². The summed E-state index contributed by atoms with van der Waals surface area (Å²) in [5, 5.41) is 3.75. The topological polar surface area (TPSA) is 42.2 Å². The molecule has 0 aliphatic rings. The van der Waals surface area contributed by atoms with E-state index in [-0.39, 0.29) is 5.91 Å². The second kappa shape index (κ2) is 8.29. The average Bonchev–Trinajstić information content (AvgIpc) is 3.07. The van der Waals surface area contributed by atoms with E-state index in [0.717, 1.165) is 14.8 Å². The Morgan fingerprint density at radius 3 is 2.73 bits per heavy atom. The minimum atomic E-state index is -0.229. The number of nitrogens with one attached hydrogen (secondary N) is 1. The highest BCUT2D eigenvalue weighted by Gasteiger charge is 2.10. The van der Waals surface area contributed by atoms with Crippen molar-refractivity contribution in [3.63, 3.8) is 0 Å². The van der Waals surface area contributed by atoms with Crippen molar-refractivity contribution in [2.45, 2.75) is 6.92 Å². The van der Waals surface area contributed by atoms with Gasteiger partial charge < -0.3 is 9.73 Å². The number of hydrogen-bond donors (Lipinski definition) is 1. The van der Waals surface area contributed by atoms with E-state index in [9.17, 15) is 4.79 Å². The summed E-state index contributed by atoms with van der Waals surface area (Å²) in [7, 11) is 0. The number of amides is 1. The van der Waals surface area contributed by atoms with Crippen LogP contribution in [-0.2, 0) is 4.79 Å².